The van der Waals surface area contributed by atoms with Crippen LogP contribution in [0.3, 0.4) is 0 Å². The molecule has 136 valence electrons. The van der Waals surface area contributed by atoms with Gasteiger partial charge in [0.2, 0.25) is 0 Å². The van der Waals surface area contributed by atoms with Crippen LogP contribution in [-0.4, -0.2) is 24.1 Å². The maximum atomic E-state index is 12.6. The summed E-state index contributed by atoms with van der Waals surface area (Å²) in [6, 6.07) is 10.7. The molecule has 0 aliphatic heterocycles. The van der Waals surface area contributed by atoms with Gasteiger partial charge in [0.05, 0.1) is 5.69 Å². The first-order valence-electron chi connectivity index (χ1n) is 8.65. The van der Waals surface area contributed by atoms with Crippen molar-refractivity contribution in [2.24, 2.45) is 0 Å². The molecule has 0 amide bonds. The number of hydrogen-bond donors (Lipinski definition) is 0. The third-order valence-electron chi connectivity index (χ3n) is 4.90. The van der Waals surface area contributed by atoms with Crippen LogP contribution in [0.15, 0.2) is 52.2 Å². The van der Waals surface area contributed by atoms with E-state index in [1.165, 1.54) is 21.4 Å². The summed E-state index contributed by atoms with van der Waals surface area (Å²) in [4.78, 5) is 24.7. The molecule has 0 atom stereocenters. The first kappa shape index (κ1) is 19.4. The zero-order chi connectivity index (χ0) is 18.7. The Morgan fingerprint density at radius 2 is 1.68 bits per heavy atom. The van der Waals surface area contributed by atoms with Gasteiger partial charge in [0.15, 0.2) is 8.32 Å². The Bertz CT molecular complexity index is 817. The molecule has 6 heteroatoms. The molecule has 2 rings (SSSR count). The van der Waals surface area contributed by atoms with Gasteiger partial charge < -0.3 is 4.43 Å². The van der Waals surface area contributed by atoms with Crippen LogP contribution in [0.2, 0.25) is 18.1 Å². The summed E-state index contributed by atoms with van der Waals surface area (Å²) < 4.78 is 8.90. The second-order valence-corrected chi connectivity index (χ2v) is 12.6. The smallest absolute Gasteiger partial charge is 0.335 e. The third-order valence-corrected chi connectivity index (χ3v) is 9.44. The molecule has 5 nitrogen and oxygen atoms in total. The van der Waals surface area contributed by atoms with Crippen molar-refractivity contribution < 1.29 is 4.43 Å². The number of hydrogen-bond acceptors (Lipinski definition) is 3. The van der Waals surface area contributed by atoms with Crippen molar-refractivity contribution in [2.75, 3.05) is 6.61 Å². The van der Waals surface area contributed by atoms with Crippen molar-refractivity contribution in [1.82, 2.24) is 9.13 Å². The van der Waals surface area contributed by atoms with E-state index in [1.807, 2.05) is 30.3 Å². The lowest BCUT2D eigenvalue weighted by Crippen LogP contribution is -2.42. The van der Waals surface area contributed by atoms with Crippen molar-refractivity contribution in [1.29, 1.82) is 0 Å². The van der Waals surface area contributed by atoms with E-state index in [0.29, 0.717) is 19.6 Å². The number of rotatable bonds is 6. The van der Waals surface area contributed by atoms with E-state index < -0.39 is 8.32 Å². The first-order chi connectivity index (χ1) is 11.6. The molecule has 0 saturated carbocycles. The highest BCUT2D eigenvalue weighted by molar-refractivity contribution is 6.74. The molecule has 1 aromatic carbocycles. The normalized spacial score (nSPS) is 12.4. The lowest BCUT2D eigenvalue weighted by Gasteiger charge is -2.36. The topological polar surface area (TPSA) is 53.2 Å². The SMILES string of the molecule is CC(C)(C)[Si](C)(C)OCCCn1c(=O)ccn(-c2ccccc2)c1=O. The third kappa shape index (κ3) is 4.58. The minimum atomic E-state index is -1.80. The van der Waals surface area contributed by atoms with Gasteiger partial charge in [-0.25, -0.2) is 4.79 Å². The molecule has 1 heterocycles. The Hall–Kier alpha value is -1.92. The second kappa shape index (κ2) is 7.54. The summed E-state index contributed by atoms with van der Waals surface area (Å²) in [7, 11) is -1.80. The number of aromatic nitrogens is 2. The van der Waals surface area contributed by atoms with Gasteiger partial charge >= 0.3 is 5.69 Å². The zero-order valence-corrected chi connectivity index (χ0v) is 16.8. The predicted molar refractivity (Wildman–Crippen MR) is 104 cm³/mol. The molecule has 2 aromatic rings. The van der Waals surface area contributed by atoms with Crippen molar-refractivity contribution >= 4 is 8.32 Å². The monoisotopic (exact) mass is 360 g/mol. The minimum Gasteiger partial charge on any atom is -0.417 e. The Morgan fingerprint density at radius 3 is 2.28 bits per heavy atom. The summed E-state index contributed by atoms with van der Waals surface area (Å²) in [5.41, 5.74) is 0.161. The average molecular weight is 361 g/mol. The quantitative estimate of drug-likeness (QED) is 0.586. The maximum Gasteiger partial charge on any atom is 0.335 e. The highest BCUT2D eigenvalue weighted by atomic mass is 28.4. The molecule has 0 N–H and O–H groups in total. The van der Waals surface area contributed by atoms with Crippen LogP contribution in [0.5, 0.6) is 0 Å². The van der Waals surface area contributed by atoms with Crippen molar-refractivity contribution in [3.63, 3.8) is 0 Å². The van der Waals surface area contributed by atoms with Crippen molar-refractivity contribution in [2.45, 2.75) is 51.9 Å². The maximum absolute atomic E-state index is 12.6. The Balaban J connectivity index is 2.11. The average Bonchev–Trinajstić information content (AvgIpc) is 2.53. The standard InChI is InChI=1S/C19H28N2O3Si/c1-19(2,3)25(4,5)24-15-9-13-21-17(22)12-14-20(18(21)23)16-10-7-6-8-11-16/h6-8,10-12,14H,9,13,15H2,1-5H3. The minimum absolute atomic E-state index is 0.149. The van der Waals surface area contributed by atoms with E-state index in [-0.39, 0.29) is 16.3 Å². The van der Waals surface area contributed by atoms with Crippen molar-refractivity contribution in [3.8, 4) is 5.69 Å². The van der Waals surface area contributed by atoms with Gasteiger partial charge in [-0.1, -0.05) is 39.0 Å². The second-order valence-electron chi connectivity index (χ2n) is 7.76. The summed E-state index contributed by atoms with van der Waals surface area (Å²) in [6.45, 7) is 11.9. The lowest BCUT2D eigenvalue weighted by molar-refractivity contribution is 0.273. The Labute approximate surface area is 150 Å². The van der Waals surface area contributed by atoms with Gasteiger partial charge in [0.25, 0.3) is 5.56 Å². The predicted octanol–water partition coefficient (Wildman–Crippen LogP) is 3.41. The summed E-state index contributed by atoms with van der Waals surface area (Å²) in [6.07, 6.45) is 2.17. The molecular weight excluding hydrogens is 332 g/mol. The summed E-state index contributed by atoms with van der Waals surface area (Å²) in [5, 5.41) is 0.149. The van der Waals surface area contributed by atoms with E-state index >= 15 is 0 Å². The van der Waals surface area contributed by atoms with E-state index in [9.17, 15) is 9.59 Å². The number of para-hydroxylation sites is 1. The largest absolute Gasteiger partial charge is 0.417 e. The van der Waals surface area contributed by atoms with Crippen molar-refractivity contribution in [3.05, 3.63) is 63.4 Å². The molecular formula is C19H28N2O3Si. The fourth-order valence-corrected chi connectivity index (χ4v) is 3.36. The van der Waals surface area contributed by atoms with Crippen LogP contribution >= 0.6 is 0 Å². The van der Waals surface area contributed by atoms with Crippen LogP contribution in [0, 0.1) is 0 Å². The molecule has 0 unspecified atom stereocenters. The zero-order valence-electron chi connectivity index (χ0n) is 15.8. The van der Waals surface area contributed by atoms with Crippen LogP contribution in [-0.2, 0) is 11.0 Å². The fraction of sp³-hybridized carbons (Fsp3) is 0.474. The molecule has 0 spiro atoms. The number of benzene rings is 1. The lowest BCUT2D eigenvalue weighted by atomic mass is 10.2. The van der Waals surface area contributed by atoms with Gasteiger partial charge in [0.1, 0.15) is 0 Å². The van der Waals surface area contributed by atoms with Crippen LogP contribution in [0.1, 0.15) is 27.2 Å². The van der Waals surface area contributed by atoms with E-state index in [0.717, 1.165) is 5.69 Å². The highest BCUT2D eigenvalue weighted by Crippen LogP contribution is 2.36. The highest BCUT2D eigenvalue weighted by Gasteiger charge is 2.36. The fourth-order valence-electron chi connectivity index (χ4n) is 2.27. The molecule has 1 aromatic heterocycles. The van der Waals surface area contributed by atoms with Crippen LogP contribution in [0.4, 0.5) is 0 Å². The summed E-state index contributed by atoms with van der Waals surface area (Å²) in [5.74, 6) is 0. The van der Waals surface area contributed by atoms with E-state index in [1.54, 1.807) is 0 Å². The number of nitrogens with zero attached hydrogens (tertiary/aromatic N) is 2. The molecule has 0 radical (unpaired) electrons. The van der Waals surface area contributed by atoms with Gasteiger partial charge in [-0.3, -0.25) is 13.9 Å². The molecule has 0 saturated heterocycles. The Morgan fingerprint density at radius 1 is 1.04 bits per heavy atom. The van der Waals surface area contributed by atoms with Crippen LogP contribution in [0.25, 0.3) is 5.69 Å². The molecule has 0 aliphatic carbocycles. The molecule has 25 heavy (non-hydrogen) atoms. The van der Waals surface area contributed by atoms with Gasteiger partial charge in [-0.15, -0.1) is 0 Å². The molecule has 0 bridgehead atoms. The molecule has 0 fully saturated rings. The summed E-state index contributed by atoms with van der Waals surface area (Å²) >= 11 is 0. The van der Waals surface area contributed by atoms with Gasteiger partial charge in [0, 0.05) is 25.4 Å². The molecule has 0 aliphatic rings. The van der Waals surface area contributed by atoms with Crippen LogP contribution < -0.4 is 11.2 Å². The first-order valence-corrected chi connectivity index (χ1v) is 11.6. The van der Waals surface area contributed by atoms with Gasteiger partial charge in [-0.05, 0) is 36.7 Å². The van der Waals surface area contributed by atoms with E-state index in [4.69, 9.17) is 4.43 Å². The Kier molecular flexibility index (Phi) is 5.85. The van der Waals surface area contributed by atoms with E-state index in [2.05, 4.69) is 33.9 Å². The van der Waals surface area contributed by atoms with Gasteiger partial charge in [-0.2, -0.15) is 0 Å².